The standard InChI is InChI=1S/C23H22N4O3/c28-17-7-10-26(14-17)11-8-24-22(29)18-6-3-9-27-21(18)25-20-13-16-5-2-1-4-15(16)12-19(20)23(27)30/h1-6,9,12-13,17,28H,7-8,10-11,14H2,(H,24,29)/t17-/m0/s1. The number of hydrogen-bond donors (Lipinski definition) is 2. The predicted octanol–water partition coefficient (Wildman–Crippen LogP) is 1.80. The number of rotatable bonds is 4. The molecule has 0 radical (unpaired) electrons. The van der Waals surface area contributed by atoms with Crippen LogP contribution in [0.2, 0.25) is 0 Å². The molecular weight excluding hydrogens is 380 g/mol. The molecule has 0 aliphatic carbocycles. The van der Waals surface area contributed by atoms with E-state index >= 15 is 0 Å². The Morgan fingerprint density at radius 3 is 2.73 bits per heavy atom. The summed E-state index contributed by atoms with van der Waals surface area (Å²) in [4.78, 5) is 32.7. The Morgan fingerprint density at radius 1 is 1.17 bits per heavy atom. The van der Waals surface area contributed by atoms with Gasteiger partial charge in [0.1, 0.15) is 0 Å². The number of likely N-dealkylation sites (tertiary alicyclic amines) is 1. The van der Waals surface area contributed by atoms with Crippen LogP contribution in [0.25, 0.3) is 27.3 Å². The number of nitrogens with zero attached hydrogens (tertiary/aromatic N) is 3. The van der Waals surface area contributed by atoms with Crippen molar-refractivity contribution in [2.45, 2.75) is 12.5 Å². The molecule has 2 aromatic carbocycles. The summed E-state index contributed by atoms with van der Waals surface area (Å²) in [7, 11) is 0. The van der Waals surface area contributed by atoms with E-state index in [0.717, 1.165) is 23.7 Å². The first-order chi connectivity index (χ1) is 14.6. The molecule has 7 heteroatoms. The minimum Gasteiger partial charge on any atom is -0.392 e. The summed E-state index contributed by atoms with van der Waals surface area (Å²) >= 11 is 0. The summed E-state index contributed by atoms with van der Waals surface area (Å²) in [5, 5.41) is 15.0. The largest absolute Gasteiger partial charge is 0.392 e. The molecule has 1 atom stereocenters. The zero-order chi connectivity index (χ0) is 20.7. The number of amides is 1. The Labute approximate surface area is 172 Å². The van der Waals surface area contributed by atoms with Gasteiger partial charge < -0.3 is 10.4 Å². The average Bonchev–Trinajstić information content (AvgIpc) is 3.17. The number of hydrogen-bond acceptors (Lipinski definition) is 5. The Kier molecular flexibility index (Phi) is 4.69. The minimum atomic E-state index is -0.279. The third-order valence-electron chi connectivity index (χ3n) is 5.71. The first-order valence-corrected chi connectivity index (χ1v) is 10.1. The monoisotopic (exact) mass is 402 g/mol. The van der Waals surface area contributed by atoms with Gasteiger partial charge in [-0.2, -0.15) is 0 Å². The molecule has 1 aliphatic heterocycles. The number of nitrogens with one attached hydrogen (secondary N) is 1. The molecule has 2 aromatic heterocycles. The molecule has 5 rings (SSSR count). The second-order valence-electron chi connectivity index (χ2n) is 7.75. The Morgan fingerprint density at radius 2 is 1.97 bits per heavy atom. The lowest BCUT2D eigenvalue weighted by molar-refractivity contribution is 0.0950. The smallest absolute Gasteiger partial charge is 0.265 e. The van der Waals surface area contributed by atoms with Gasteiger partial charge in [0.2, 0.25) is 0 Å². The van der Waals surface area contributed by atoms with E-state index in [1.54, 1.807) is 18.3 Å². The van der Waals surface area contributed by atoms with E-state index in [0.29, 0.717) is 41.7 Å². The maximum absolute atomic E-state index is 13.1. The number of aliphatic hydroxyl groups is 1. The predicted molar refractivity (Wildman–Crippen MR) is 116 cm³/mol. The number of benzene rings is 2. The van der Waals surface area contributed by atoms with Gasteiger partial charge in [0.15, 0.2) is 5.65 Å². The van der Waals surface area contributed by atoms with Crippen molar-refractivity contribution in [1.82, 2.24) is 19.6 Å². The second-order valence-corrected chi connectivity index (χ2v) is 7.75. The van der Waals surface area contributed by atoms with Gasteiger partial charge in [-0.15, -0.1) is 0 Å². The maximum atomic E-state index is 13.1. The lowest BCUT2D eigenvalue weighted by Crippen LogP contribution is -2.34. The molecule has 1 saturated heterocycles. The molecule has 1 aliphatic rings. The van der Waals surface area contributed by atoms with Crippen LogP contribution in [0.15, 0.2) is 59.5 Å². The van der Waals surface area contributed by atoms with Crippen LogP contribution in [0.4, 0.5) is 0 Å². The molecule has 7 nitrogen and oxygen atoms in total. The Hall–Kier alpha value is -3.29. The molecule has 0 saturated carbocycles. The average molecular weight is 402 g/mol. The molecule has 0 unspecified atom stereocenters. The molecular formula is C23H22N4O3. The fourth-order valence-corrected chi connectivity index (χ4v) is 4.13. The molecule has 4 aromatic rings. The molecule has 152 valence electrons. The highest BCUT2D eigenvalue weighted by atomic mass is 16.3. The maximum Gasteiger partial charge on any atom is 0.265 e. The minimum absolute atomic E-state index is 0.193. The zero-order valence-corrected chi connectivity index (χ0v) is 16.4. The SMILES string of the molecule is O=C(NCCN1CC[C@H](O)C1)c1cccn2c(=O)c3cc4ccccc4cc3nc12. The molecule has 1 fully saturated rings. The van der Waals surface area contributed by atoms with Crippen LogP contribution in [0.5, 0.6) is 0 Å². The van der Waals surface area contributed by atoms with Crippen LogP contribution >= 0.6 is 0 Å². The normalized spacial score (nSPS) is 17.2. The number of fused-ring (bicyclic) bond motifs is 3. The van der Waals surface area contributed by atoms with Gasteiger partial charge in [-0.3, -0.25) is 18.9 Å². The van der Waals surface area contributed by atoms with Crippen molar-refractivity contribution in [3.8, 4) is 0 Å². The van der Waals surface area contributed by atoms with Crippen LogP contribution in [-0.2, 0) is 0 Å². The van der Waals surface area contributed by atoms with E-state index < -0.39 is 0 Å². The third-order valence-corrected chi connectivity index (χ3v) is 5.71. The fraction of sp³-hybridized carbons (Fsp3) is 0.261. The number of pyridine rings is 1. The molecule has 0 spiro atoms. The quantitative estimate of drug-likeness (QED) is 0.509. The third kappa shape index (κ3) is 3.32. The number of aromatic nitrogens is 2. The van der Waals surface area contributed by atoms with E-state index in [1.165, 1.54) is 4.40 Å². The van der Waals surface area contributed by atoms with Crippen molar-refractivity contribution in [3.05, 3.63) is 70.6 Å². The lowest BCUT2D eigenvalue weighted by atomic mass is 10.1. The van der Waals surface area contributed by atoms with Gasteiger partial charge in [-0.25, -0.2) is 4.98 Å². The van der Waals surface area contributed by atoms with Crippen molar-refractivity contribution in [2.24, 2.45) is 0 Å². The van der Waals surface area contributed by atoms with Gasteiger partial charge in [0, 0.05) is 32.4 Å². The first-order valence-electron chi connectivity index (χ1n) is 10.1. The van der Waals surface area contributed by atoms with Gasteiger partial charge >= 0.3 is 0 Å². The van der Waals surface area contributed by atoms with Gasteiger partial charge in [-0.05, 0) is 41.5 Å². The number of carbonyl (C=O) groups excluding carboxylic acids is 1. The van der Waals surface area contributed by atoms with Crippen molar-refractivity contribution < 1.29 is 9.90 Å². The summed E-state index contributed by atoms with van der Waals surface area (Å²) in [6, 6.07) is 14.9. The van der Waals surface area contributed by atoms with Crippen molar-refractivity contribution in [3.63, 3.8) is 0 Å². The van der Waals surface area contributed by atoms with E-state index in [1.807, 2.05) is 36.4 Å². The van der Waals surface area contributed by atoms with Crippen LogP contribution in [-0.4, -0.2) is 57.6 Å². The summed E-state index contributed by atoms with van der Waals surface area (Å²) < 4.78 is 1.43. The first kappa shape index (κ1) is 18.7. The highest BCUT2D eigenvalue weighted by Crippen LogP contribution is 2.20. The van der Waals surface area contributed by atoms with E-state index in [9.17, 15) is 14.7 Å². The van der Waals surface area contributed by atoms with Gasteiger partial charge in [0.05, 0.1) is 22.6 Å². The summed E-state index contributed by atoms with van der Waals surface area (Å²) in [6.07, 6.45) is 2.13. The van der Waals surface area contributed by atoms with Crippen molar-refractivity contribution in [1.29, 1.82) is 0 Å². The Bertz CT molecular complexity index is 1330. The van der Waals surface area contributed by atoms with Crippen LogP contribution < -0.4 is 10.9 Å². The summed E-state index contributed by atoms with van der Waals surface area (Å²) in [6.45, 7) is 2.62. The lowest BCUT2D eigenvalue weighted by Gasteiger charge is -2.15. The van der Waals surface area contributed by atoms with Crippen LogP contribution in [0, 0.1) is 0 Å². The number of carbonyl (C=O) groups is 1. The van der Waals surface area contributed by atoms with E-state index in [2.05, 4.69) is 15.2 Å². The molecule has 2 N–H and O–H groups in total. The number of aliphatic hydroxyl groups excluding tert-OH is 1. The zero-order valence-electron chi connectivity index (χ0n) is 16.4. The van der Waals surface area contributed by atoms with E-state index in [-0.39, 0.29) is 17.6 Å². The topological polar surface area (TPSA) is 86.9 Å². The summed E-state index contributed by atoms with van der Waals surface area (Å²) in [5.74, 6) is -0.264. The number of β-amino-alcohol motifs (C(OH)–C–C–N with tert-alkyl or cyclic N) is 1. The highest BCUT2D eigenvalue weighted by Gasteiger charge is 2.20. The van der Waals surface area contributed by atoms with Crippen LogP contribution in [0.3, 0.4) is 0 Å². The summed E-state index contributed by atoms with van der Waals surface area (Å²) in [5.41, 5.74) is 1.09. The fourth-order valence-electron chi connectivity index (χ4n) is 4.13. The van der Waals surface area contributed by atoms with Gasteiger partial charge in [0.25, 0.3) is 11.5 Å². The van der Waals surface area contributed by atoms with Crippen molar-refractivity contribution in [2.75, 3.05) is 26.2 Å². The molecule has 3 heterocycles. The van der Waals surface area contributed by atoms with Gasteiger partial charge in [-0.1, -0.05) is 24.3 Å². The van der Waals surface area contributed by atoms with Crippen LogP contribution in [0.1, 0.15) is 16.8 Å². The molecule has 1 amide bonds. The Balaban J connectivity index is 1.50. The highest BCUT2D eigenvalue weighted by molar-refractivity contribution is 6.02. The van der Waals surface area contributed by atoms with Crippen molar-refractivity contribution >= 4 is 33.2 Å². The molecule has 0 bridgehead atoms. The molecule has 30 heavy (non-hydrogen) atoms. The second kappa shape index (κ2) is 7.51. The van der Waals surface area contributed by atoms with E-state index in [4.69, 9.17) is 0 Å².